The zero-order valence-electron chi connectivity index (χ0n) is 9.46. The third kappa shape index (κ3) is 1.98. The van der Waals surface area contributed by atoms with Gasteiger partial charge in [0.1, 0.15) is 5.84 Å². The molecule has 2 aromatic heterocycles. The van der Waals surface area contributed by atoms with Gasteiger partial charge in [-0.05, 0) is 29.1 Å². The number of thiophene rings is 1. The van der Waals surface area contributed by atoms with Gasteiger partial charge in [0.2, 0.25) is 0 Å². The van der Waals surface area contributed by atoms with Crippen molar-refractivity contribution < 1.29 is 0 Å². The van der Waals surface area contributed by atoms with Gasteiger partial charge in [-0.3, -0.25) is 4.99 Å². The summed E-state index contributed by atoms with van der Waals surface area (Å²) < 4.78 is 2.11. The molecule has 5 heteroatoms. The van der Waals surface area contributed by atoms with Crippen molar-refractivity contribution in [2.75, 3.05) is 0 Å². The summed E-state index contributed by atoms with van der Waals surface area (Å²) >= 11 is 1.67. The van der Waals surface area contributed by atoms with Crippen LogP contribution in [-0.4, -0.2) is 10.4 Å². The lowest BCUT2D eigenvalue weighted by molar-refractivity contribution is 0.651. The van der Waals surface area contributed by atoms with E-state index in [4.69, 9.17) is 5.73 Å². The SMILES string of the molecule is Cl.Cn1cccc1C1Cc2ccsc2C(N)=N1. The minimum Gasteiger partial charge on any atom is -0.383 e. The molecule has 0 bridgehead atoms. The lowest BCUT2D eigenvalue weighted by atomic mass is 10.0. The molecule has 2 aromatic rings. The molecule has 17 heavy (non-hydrogen) atoms. The Morgan fingerprint density at radius 1 is 1.47 bits per heavy atom. The number of amidine groups is 1. The van der Waals surface area contributed by atoms with Crippen molar-refractivity contribution in [2.45, 2.75) is 12.5 Å². The Kier molecular flexibility index (Phi) is 3.26. The summed E-state index contributed by atoms with van der Waals surface area (Å²) in [6.45, 7) is 0. The number of nitrogens with two attached hydrogens (primary N) is 1. The highest BCUT2D eigenvalue weighted by molar-refractivity contribution is 7.12. The Labute approximate surface area is 110 Å². The van der Waals surface area contributed by atoms with Crippen LogP contribution in [0.1, 0.15) is 22.2 Å². The number of hydrogen-bond acceptors (Lipinski definition) is 3. The first-order valence-corrected chi connectivity index (χ1v) is 6.15. The smallest absolute Gasteiger partial charge is 0.136 e. The van der Waals surface area contributed by atoms with Crippen molar-refractivity contribution in [3.05, 3.63) is 45.9 Å². The van der Waals surface area contributed by atoms with Crippen molar-refractivity contribution >= 4 is 29.6 Å². The second kappa shape index (κ2) is 4.55. The van der Waals surface area contributed by atoms with Crippen LogP contribution >= 0.6 is 23.7 Å². The summed E-state index contributed by atoms with van der Waals surface area (Å²) in [7, 11) is 2.05. The van der Waals surface area contributed by atoms with Gasteiger partial charge in [-0.25, -0.2) is 0 Å². The molecule has 0 saturated carbocycles. The normalized spacial score (nSPS) is 18.2. The highest BCUT2D eigenvalue weighted by Gasteiger charge is 2.22. The zero-order chi connectivity index (χ0) is 11.1. The first kappa shape index (κ1) is 12.2. The fourth-order valence-electron chi connectivity index (χ4n) is 2.19. The molecule has 0 spiro atoms. The molecule has 1 unspecified atom stereocenters. The van der Waals surface area contributed by atoms with Crippen LogP contribution < -0.4 is 5.73 Å². The van der Waals surface area contributed by atoms with E-state index in [-0.39, 0.29) is 18.4 Å². The number of fused-ring (bicyclic) bond motifs is 1. The third-order valence-electron chi connectivity index (χ3n) is 3.01. The topological polar surface area (TPSA) is 43.3 Å². The van der Waals surface area contributed by atoms with Crippen LogP contribution in [-0.2, 0) is 13.5 Å². The quantitative estimate of drug-likeness (QED) is 0.848. The van der Waals surface area contributed by atoms with Gasteiger partial charge in [-0.2, -0.15) is 0 Å². The van der Waals surface area contributed by atoms with E-state index in [0.717, 1.165) is 11.3 Å². The number of hydrogen-bond donors (Lipinski definition) is 1. The van der Waals surface area contributed by atoms with Crippen molar-refractivity contribution in [2.24, 2.45) is 17.8 Å². The molecule has 0 aromatic carbocycles. The Morgan fingerprint density at radius 2 is 2.29 bits per heavy atom. The van der Waals surface area contributed by atoms with E-state index in [2.05, 4.69) is 27.1 Å². The van der Waals surface area contributed by atoms with Gasteiger partial charge in [0.05, 0.1) is 10.9 Å². The molecular formula is C12H14ClN3S. The second-order valence-electron chi connectivity index (χ2n) is 4.05. The van der Waals surface area contributed by atoms with E-state index >= 15 is 0 Å². The molecule has 0 aliphatic carbocycles. The molecule has 3 rings (SSSR count). The standard InChI is InChI=1S/C12H13N3S.ClH/c1-15-5-2-3-10(15)9-7-8-4-6-16-11(8)12(13)14-9;/h2-6,9H,7H2,1H3,(H2,13,14);1H. The number of halogens is 1. The van der Waals surface area contributed by atoms with Gasteiger partial charge in [0.25, 0.3) is 0 Å². The number of aryl methyl sites for hydroxylation is 1. The van der Waals surface area contributed by atoms with Crippen LogP contribution in [0.15, 0.2) is 34.8 Å². The van der Waals surface area contributed by atoms with E-state index in [1.807, 2.05) is 19.3 Å². The summed E-state index contributed by atoms with van der Waals surface area (Å²) in [5, 5.41) is 2.08. The number of aromatic nitrogens is 1. The maximum Gasteiger partial charge on any atom is 0.136 e. The van der Waals surface area contributed by atoms with Crippen LogP contribution in [0.4, 0.5) is 0 Å². The van der Waals surface area contributed by atoms with Gasteiger partial charge >= 0.3 is 0 Å². The molecule has 0 amide bonds. The minimum atomic E-state index is 0. The number of rotatable bonds is 1. The Hall–Kier alpha value is -1.26. The first-order valence-electron chi connectivity index (χ1n) is 5.27. The second-order valence-corrected chi connectivity index (χ2v) is 4.97. The summed E-state index contributed by atoms with van der Waals surface area (Å²) in [5.41, 5.74) is 8.53. The summed E-state index contributed by atoms with van der Waals surface area (Å²) in [4.78, 5) is 5.73. The molecular weight excluding hydrogens is 254 g/mol. The number of nitrogens with zero attached hydrogens (tertiary/aromatic N) is 2. The van der Waals surface area contributed by atoms with Gasteiger partial charge in [0, 0.05) is 25.4 Å². The Balaban J connectivity index is 0.00000108. The molecule has 3 nitrogen and oxygen atoms in total. The highest BCUT2D eigenvalue weighted by Crippen LogP contribution is 2.31. The van der Waals surface area contributed by atoms with Crippen molar-refractivity contribution in [3.8, 4) is 0 Å². The zero-order valence-corrected chi connectivity index (χ0v) is 11.1. The van der Waals surface area contributed by atoms with Crippen LogP contribution in [0.25, 0.3) is 0 Å². The molecule has 0 fully saturated rings. The molecule has 1 aliphatic rings. The van der Waals surface area contributed by atoms with Gasteiger partial charge in [0.15, 0.2) is 0 Å². The molecule has 0 radical (unpaired) electrons. The molecule has 1 atom stereocenters. The van der Waals surface area contributed by atoms with Crippen molar-refractivity contribution in [3.63, 3.8) is 0 Å². The molecule has 1 aliphatic heterocycles. The maximum absolute atomic E-state index is 5.99. The summed E-state index contributed by atoms with van der Waals surface area (Å²) in [6, 6.07) is 6.47. The fourth-order valence-corrected chi connectivity index (χ4v) is 3.04. The van der Waals surface area contributed by atoms with Crippen LogP contribution in [0.5, 0.6) is 0 Å². The average Bonchev–Trinajstić information content (AvgIpc) is 2.85. The van der Waals surface area contributed by atoms with Gasteiger partial charge in [-0.15, -0.1) is 23.7 Å². The predicted octanol–water partition coefficient (Wildman–Crippen LogP) is 2.51. The lowest BCUT2D eigenvalue weighted by Gasteiger charge is -2.19. The van der Waals surface area contributed by atoms with Crippen molar-refractivity contribution in [1.82, 2.24) is 4.57 Å². The fraction of sp³-hybridized carbons (Fsp3) is 0.250. The monoisotopic (exact) mass is 267 g/mol. The summed E-state index contributed by atoms with van der Waals surface area (Å²) in [6.07, 6.45) is 3.00. The van der Waals surface area contributed by atoms with E-state index in [1.54, 1.807) is 11.3 Å². The predicted molar refractivity (Wildman–Crippen MR) is 74.1 cm³/mol. The van der Waals surface area contributed by atoms with Crippen molar-refractivity contribution in [1.29, 1.82) is 0 Å². The lowest BCUT2D eigenvalue weighted by Crippen LogP contribution is -2.21. The largest absolute Gasteiger partial charge is 0.383 e. The van der Waals surface area contributed by atoms with E-state index in [0.29, 0.717) is 5.84 Å². The van der Waals surface area contributed by atoms with Crippen LogP contribution in [0.3, 0.4) is 0 Å². The summed E-state index contributed by atoms with van der Waals surface area (Å²) in [5.74, 6) is 0.683. The molecule has 2 N–H and O–H groups in total. The van der Waals surface area contributed by atoms with Gasteiger partial charge in [-0.1, -0.05) is 0 Å². The van der Waals surface area contributed by atoms with E-state index in [9.17, 15) is 0 Å². The van der Waals surface area contributed by atoms with Crippen LogP contribution in [0, 0.1) is 0 Å². The number of aliphatic imine (C=N–C) groups is 1. The average molecular weight is 268 g/mol. The maximum atomic E-state index is 5.99. The third-order valence-corrected chi connectivity index (χ3v) is 3.99. The molecule has 0 saturated heterocycles. The van der Waals surface area contributed by atoms with E-state index < -0.39 is 0 Å². The minimum absolute atomic E-state index is 0. The Bertz CT molecular complexity index is 556. The molecule has 3 heterocycles. The van der Waals surface area contributed by atoms with Gasteiger partial charge < -0.3 is 10.3 Å². The first-order chi connectivity index (χ1) is 7.75. The van der Waals surface area contributed by atoms with Crippen LogP contribution in [0.2, 0.25) is 0 Å². The molecule has 90 valence electrons. The van der Waals surface area contributed by atoms with E-state index in [1.165, 1.54) is 11.3 Å². The Morgan fingerprint density at radius 3 is 3.00 bits per heavy atom. The highest BCUT2D eigenvalue weighted by atomic mass is 35.5.